The Balaban J connectivity index is 2.09. The van der Waals surface area contributed by atoms with E-state index in [0.717, 1.165) is 6.42 Å². The molecular formula is C16H13NO2. The second-order valence-corrected chi connectivity index (χ2v) is 4.08. The van der Waals surface area contributed by atoms with Crippen molar-refractivity contribution in [3.8, 4) is 11.8 Å². The van der Waals surface area contributed by atoms with Crippen molar-refractivity contribution >= 4 is 5.97 Å². The van der Waals surface area contributed by atoms with E-state index in [0.29, 0.717) is 16.9 Å². The maximum atomic E-state index is 11.9. The van der Waals surface area contributed by atoms with E-state index in [1.54, 1.807) is 36.4 Å². The van der Waals surface area contributed by atoms with Gasteiger partial charge in [0.1, 0.15) is 5.75 Å². The molecule has 0 amide bonds. The lowest BCUT2D eigenvalue weighted by molar-refractivity contribution is 0.0734. The van der Waals surface area contributed by atoms with E-state index in [9.17, 15) is 4.79 Å². The van der Waals surface area contributed by atoms with E-state index in [1.165, 1.54) is 5.56 Å². The molecule has 3 nitrogen and oxygen atoms in total. The SMILES string of the molecule is CCc1ccc(OC(=O)c2ccc(C#N)cc2)cc1. The summed E-state index contributed by atoms with van der Waals surface area (Å²) in [4.78, 5) is 11.9. The maximum Gasteiger partial charge on any atom is 0.343 e. The van der Waals surface area contributed by atoms with Crippen molar-refractivity contribution in [1.29, 1.82) is 5.26 Å². The minimum atomic E-state index is -0.422. The predicted octanol–water partition coefficient (Wildman–Crippen LogP) is 3.34. The van der Waals surface area contributed by atoms with Crippen molar-refractivity contribution in [1.82, 2.24) is 0 Å². The Bertz CT molecular complexity index is 607. The fourth-order valence-electron chi connectivity index (χ4n) is 1.64. The normalized spacial score (nSPS) is 9.68. The molecule has 0 aliphatic rings. The summed E-state index contributed by atoms with van der Waals surface area (Å²) >= 11 is 0. The molecule has 0 fully saturated rings. The van der Waals surface area contributed by atoms with Gasteiger partial charge in [0, 0.05) is 0 Å². The van der Waals surface area contributed by atoms with Crippen LogP contribution < -0.4 is 4.74 Å². The van der Waals surface area contributed by atoms with Gasteiger partial charge in [0.15, 0.2) is 0 Å². The summed E-state index contributed by atoms with van der Waals surface area (Å²) < 4.78 is 5.25. The molecule has 0 heterocycles. The summed E-state index contributed by atoms with van der Waals surface area (Å²) in [6.45, 7) is 2.07. The van der Waals surface area contributed by atoms with E-state index >= 15 is 0 Å². The van der Waals surface area contributed by atoms with Gasteiger partial charge in [0.05, 0.1) is 17.2 Å². The number of ether oxygens (including phenoxy) is 1. The standard InChI is InChI=1S/C16H13NO2/c1-2-12-5-9-15(10-6-12)19-16(18)14-7-3-13(11-17)4-8-14/h3-10H,2H2,1H3. The molecule has 0 N–H and O–H groups in total. The molecule has 0 unspecified atom stereocenters. The van der Waals surface area contributed by atoms with Crippen LogP contribution in [0.2, 0.25) is 0 Å². The Labute approximate surface area is 112 Å². The van der Waals surface area contributed by atoms with Crippen molar-refractivity contribution in [3.63, 3.8) is 0 Å². The summed E-state index contributed by atoms with van der Waals surface area (Å²) in [7, 11) is 0. The van der Waals surface area contributed by atoms with Crippen LogP contribution in [0.4, 0.5) is 0 Å². The lowest BCUT2D eigenvalue weighted by atomic mass is 10.1. The first-order valence-corrected chi connectivity index (χ1v) is 6.04. The van der Waals surface area contributed by atoms with Crippen LogP contribution in [-0.2, 0) is 6.42 Å². The molecule has 3 heteroatoms. The van der Waals surface area contributed by atoms with Gasteiger partial charge in [-0.1, -0.05) is 19.1 Å². The van der Waals surface area contributed by atoms with Crippen molar-refractivity contribution in [2.24, 2.45) is 0 Å². The maximum absolute atomic E-state index is 11.9. The number of rotatable bonds is 3. The first-order chi connectivity index (χ1) is 9.22. The number of esters is 1. The third-order valence-electron chi connectivity index (χ3n) is 2.79. The molecule has 94 valence electrons. The lowest BCUT2D eigenvalue weighted by Crippen LogP contribution is -2.08. The molecule has 0 saturated heterocycles. The summed E-state index contributed by atoms with van der Waals surface area (Å²) in [5, 5.41) is 8.69. The number of carbonyl (C=O) groups excluding carboxylic acids is 1. The van der Waals surface area contributed by atoms with E-state index < -0.39 is 5.97 Å². The van der Waals surface area contributed by atoms with Crippen LogP contribution in [0.15, 0.2) is 48.5 Å². The summed E-state index contributed by atoms with van der Waals surface area (Å²) in [5.41, 5.74) is 2.14. The molecule has 19 heavy (non-hydrogen) atoms. The molecule has 0 spiro atoms. The van der Waals surface area contributed by atoms with Crippen LogP contribution in [0.1, 0.15) is 28.4 Å². The molecule has 0 atom stereocenters. The first kappa shape index (κ1) is 12.8. The predicted molar refractivity (Wildman–Crippen MR) is 71.9 cm³/mol. The van der Waals surface area contributed by atoms with Crippen molar-refractivity contribution in [3.05, 3.63) is 65.2 Å². The second-order valence-electron chi connectivity index (χ2n) is 4.08. The molecular weight excluding hydrogens is 238 g/mol. The lowest BCUT2D eigenvalue weighted by Gasteiger charge is -2.05. The van der Waals surface area contributed by atoms with Gasteiger partial charge in [0.2, 0.25) is 0 Å². The number of nitriles is 1. The fraction of sp³-hybridized carbons (Fsp3) is 0.125. The molecule has 2 aromatic carbocycles. The van der Waals surface area contributed by atoms with Crippen LogP contribution in [0.3, 0.4) is 0 Å². The minimum Gasteiger partial charge on any atom is -0.423 e. The monoisotopic (exact) mass is 251 g/mol. The third-order valence-corrected chi connectivity index (χ3v) is 2.79. The number of aryl methyl sites for hydroxylation is 1. The number of hydrogen-bond acceptors (Lipinski definition) is 3. The highest BCUT2D eigenvalue weighted by Gasteiger charge is 2.08. The van der Waals surface area contributed by atoms with Gasteiger partial charge >= 0.3 is 5.97 Å². The summed E-state index contributed by atoms with van der Waals surface area (Å²) in [5.74, 6) is 0.0975. The zero-order valence-corrected chi connectivity index (χ0v) is 10.6. The highest BCUT2D eigenvalue weighted by molar-refractivity contribution is 5.91. The summed E-state index contributed by atoms with van der Waals surface area (Å²) in [6, 6.07) is 15.8. The van der Waals surface area contributed by atoms with Gasteiger partial charge in [-0.3, -0.25) is 0 Å². The molecule has 0 aliphatic carbocycles. The van der Waals surface area contributed by atoms with Gasteiger partial charge in [-0.15, -0.1) is 0 Å². The third kappa shape index (κ3) is 3.20. The van der Waals surface area contributed by atoms with Crippen molar-refractivity contribution in [2.45, 2.75) is 13.3 Å². The average Bonchev–Trinajstić information content (AvgIpc) is 2.48. The molecule has 0 aromatic heterocycles. The van der Waals surface area contributed by atoms with Crippen LogP contribution >= 0.6 is 0 Å². The number of hydrogen-bond donors (Lipinski definition) is 0. The largest absolute Gasteiger partial charge is 0.423 e. The zero-order chi connectivity index (χ0) is 13.7. The number of carbonyl (C=O) groups is 1. The van der Waals surface area contributed by atoms with E-state index in [4.69, 9.17) is 10.00 Å². The molecule has 2 aromatic rings. The Hall–Kier alpha value is -2.60. The fourth-order valence-corrected chi connectivity index (χ4v) is 1.64. The Kier molecular flexibility index (Phi) is 3.94. The molecule has 0 bridgehead atoms. The van der Waals surface area contributed by atoms with Gasteiger partial charge < -0.3 is 4.74 Å². The Morgan fingerprint density at radius 2 is 1.74 bits per heavy atom. The molecule has 0 aliphatic heterocycles. The van der Waals surface area contributed by atoms with Crippen LogP contribution in [0.25, 0.3) is 0 Å². The second kappa shape index (κ2) is 5.83. The van der Waals surface area contributed by atoms with Crippen LogP contribution in [0, 0.1) is 11.3 Å². The summed E-state index contributed by atoms with van der Waals surface area (Å²) in [6.07, 6.45) is 0.948. The van der Waals surface area contributed by atoms with Gasteiger partial charge in [0.25, 0.3) is 0 Å². The molecule has 0 radical (unpaired) electrons. The Morgan fingerprint density at radius 1 is 1.11 bits per heavy atom. The smallest absolute Gasteiger partial charge is 0.343 e. The van der Waals surface area contributed by atoms with Crippen molar-refractivity contribution < 1.29 is 9.53 Å². The highest BCUT2D eigenvalue weighted by atomic mass is 16.5. The van der Waals surface area contributed by atoms with E-state index in [-0.39, 0.29) is 0 Å². The highest BCUT2D eigenvalue weighted by Crippen LogP contribution is 2.15. The van der Waals surface area contributed by atoms with Crippen molar-refractivity contribution in [2.75, 3.05) is 0 Å². The van der Waals surface area contributed by atoms with Crippen LogP contribution in [-0.4, -0.2) is 5.97 Å². The van der Waals surface area contributed by atoms with Gasteiger partial charge in [-0.05, 0) is 48.4 Å². The molecule has 0 saturated carbocycles. The van der Waals surface area contributed by atoms with Gasteiger partial charge in [-0.25, -0.2) is 4.79 Å². The number of nitrogens with zero attached hydrogens (tertiary/aromatic N) is 1. The molecule has 2 rings (SSSR count). The minimum absolute atomic E-state index is 0.422. The quantitative estimate of drug-likeness (QED) is 0.621. The topological polar surface area (TPSA) is 50.1 Å². The zero-order valence-electron chi connectivity index (χ0n) is 10.6. The Morgan fingerprint density at radius 3 is 2.26 bits per heavy atom. The van der Waals surface area contributed by atoms with E-state index in [2.05, 4.69) is 6.92 Å². The van der Waals surface area contributed by atoms with Gasteiger partial charge in [-0.2, -0.15) is 5.26 Å². The first-order valence-electron chi connectivity index (χ1n) is 6.04. The average molecular weight is 251 g/mol. The van der Waals surface area contributed by atoms with E-state index in [1.807, 2.05) is 18.2 Å². The van der Waals surface area contributed by atoms with Crippen LogP contribution in [0.5, 0.6) is 5.75 Å². The number of benzene rings is 2.